The first kappa shape index (κ1) is 9.86. The van der Waals surface area contributed by atoms with Gasteiger partial charge in [0.15, 0.2) is 0 Å². The molecule has 1 N–H and O–H groups in total. The number of hydrogen-bond acceptors (Lipinski definition) is 4. The van der Waals surface area contributed by atoms with Crippen LogP contribution in [0.3, 0.4) is 0 Å². The largest absolute Gasteiger partial charge is 0.395 e. The van der Waals surface area contributed by atoms with Gasteiger partial charge in [-0.05, 0) is 6.07 Å². The molecule has 0 aliphatic rings. The number of likely N-dealkylation sites (N-methyl/N-ethyl adjacent to an activating group) is 1. The molecule has 0 aliphatic carbocycles. The quantitative estimate of drug-likeness (QED) is 0.810. The van der Waals surface area contributed by atoms with Crippen LogP contribution in [0.1, 0.15) is 0 Å². The maximum absolute atomic E-state index is 8.89. The predicted octanol–water partition coefficient (Wildman–Crippen LogP) is 1.06. The van der Waals surface area contributed by atoms with Crippen molar-refractivity contribution in [3.63, 3.8) is 0 Å². The molecular weight excluding hydrogens is 190 g/mol. The topological polar surface area (TPSA) is 49.2 Å². The molecular formula is C11H13N3O. The monoisotopic (exact) mass is 203 g/mol. The molecule has 0 atom stereocenters. The maximum atomic E-state index is 8.89. The van der Waals surface area contributed by atoms with Gasteiger partial charge in [-0.25, -0.2) is 0 Å². The molecule has 2 rings (SSSR count). The second-order valence-electron chi connectivity index (χ2n) is 3.39. The van der Waals surface area contributed by atoms with Crippen molar-refractivity contribution < 1.29 is 5.11 Å². The standard InChI is InChI=1S/C11H13N3O/c1-14(6-7-15)11-8-12-13-10-5-3-2-4-9(10)11/h2-5,8,15H,6-7H2,1H3. The Morgan fingerprint density at radius 3 is 2.93 bits per heavy atom. The zero-order chi connectivity index (χ0) is 10.7. The zero-order valence-electron chi connectivity index (χ0n) is 8.59. The predicted molar refractivity (Wildman–Crippen MR) is 59.9 cm³/mol. The minimum atomic E-state index is 0.132. The van der Waals surface area contributed by atoms with E-state index in [1.807, 2.05) is 36.2 Å². The third kappa shape index (κ3) is 1.89. The first-order chi connectivity index (χ1) is 7.33. The molecule has 78 valence electrons. The van der Waals surface area contributed by atoms with Gasteiger partial charge >= 0.3 is 0 Å². The Morgan fingerprint density at radius 1 is 1.33 bits per heavy atom. The Hall–Kier alpha value is -1.68. The summed E-state index contributed by atoms with van der Waals surface area (Å²) < 4.78 is 0. The van der Waals surface area contributed by atoms with Crippen molar-refractivity contribution in [2.45, 2.75) is 0 Å². The molecule has 4 heteroatoms. The van der Waals surface area contributed by atoms with E-state index in [4.69, 9.17) is 5.11 Å². The Labute approximate surface area is 88.2 Å². The van der Waals surface area contributed by atoms with Crippen LogP contribution in [-0.4, -0.2) is 35.5 Å². The zero-order valence-corrected chi connectivity index (χ0v) is 8.59. The number of aliphatic hydroxyl groups excluding tert-OH is 1. The molecule has 0 bridgehead atoms. The average molecular weight is 203 g/mol. The highest BCUT2D eigenvalue weighted by molar-refractivity contribution is 5.90. The van der Waals surface area contributed by atoms with Crippen LogP contribution < -0.4 is 4.90 Å². The van der Waals surface area contributed by atoms with Crippen LogP contribution in [0.5, 0.6) is 0 Å². The van der Waals surface area contributed by atoms with E-state index in [2.05, 4.69) is 10.2 Å². The summed E-state index contributed by atoms with van der Waals surface area (Å²) in [6.07, 6.45) is 1.72. The maximum Gasteiger partial charge on any atom is 0.0950 e. The van der Waals surface area contributed by atoms with E-state index < -0.39 is 0 Å². The lowest BCUT2D eigenvalue weighted by atomic mass is 10.2. The van der Waals surface area contributed by atoms with Crippen LogP contribution in [0.2, 0.25) is 0 Å². The third-order valence-corrected chi connectivity index (χ3v) is 2.37. The molecule has 2 aromatic rings. The van der Waals surface area contributed by atoms with Crippen molar-refractivity contribution in [2.24, 2.45) is 0 Å². The van der Waals surface area contributed by atoms with Crippen LogP contribution in [-0.2, 0) is 0 Å². The van der Waals surface area contributed by atoms with Gasteiger partial charge in [0.05, 0.1) is 24.0 Å². The van der Waals surface area contributed by atoms with Gasteiger partial charge in [0, 0.05) is 19.0 Å². The summed E-state index contributed by atoms with van der Waals surface area (Å²) in [5, 5.41) is 17.9. The lowest BCUT2D eigenvalue weighted by molar-refractivity contribution is 0.304. The van der Waals surface area contributed by atoms with Gasteiger partial charge in [0.25, 0.3) is 0 Å². The minimum Gasteiger partial charge on any atom is -0.395 e. The molecule has 1 aromatic carbocycles. The first-order valence-corrected chi connectivity index (χ1v) is 4.85. The van der Waals surface area contributed by atoms with Crippen LogP contribution in [0, 0.1) is 0 Å². The summed E-state index contributed by atoms with van der Waals surface area (Å²) in [5.74, 6) is 0. The van der Waals surface area contributed by atoms with Gasteiger partial charge in [-0.1, -0.05) is 18.2 Å². The minimum absolute atomic E-state index is 0.132. The van der Waals surface area contributed by atoms with Gasteiger partial charge < -0.3 is 10.0 Å². The van der Waals surface area contributed by atoms with Gasteiger partial charge in [-0.2, -0.15) is 10.2 Å². The van der Waals surface area contributed by atoms with E-state index in [9.17, 15) is 0 Å². The first-order valence-electron chi connectivity index (χ1n) is 4.85. The van der Waals surface area contributed by atoms with E-state index in [-0.39, 0.29) is 6.61 Å². The summed E-state index contributed by atoms with van der Waals surface area (Å²) >= 11 is 0. The highest BCUT2D eigenvalue weighted by Crippen LogP contribution is 2.22. The fraction of sp³-hybridized carbons (Fsp3) is 0.273. The molecule has 0 spiro atoms. The molecule has 1 aromatic heterocycles. The van der Waals surface area contributed by atoms with Crippen molar-refractivity contribution >= 4 is 16.6 Å². The number of benzene rings is 1. The van der Waals surface area contributed by atoms with E-state index in [1.54, 1.807) is 6.20 Å². The summed E-state index contributed by atoms with van der Waals surface area (Å²) in [6, 6.07) is 7.85. The molecule has 4 nitrogen and oxygen atoms in total. The second kappa shape index (κ2) is 4.23. The number of anilines is 1. The van der Waals surface area contributed by atoms with E-state index in [0.717, 1.165) is 16.6 Å². The summed E-state index contributed by atoms with van der Waals surface area (Å²) in [6.45, 7) is 0.725. The molecule has 0 radical (unpaired) electrons. The lowest BCUT2D eigenvalue weighted by Crippen LogP contribution is -2.21. The molecule has 0 fully saturated rings. The molecule has 0 saturated carbocycles. The number of hydrogen-bond donors (Lipinski definition) is 1. The molecule has 0 unspecified atom stereocenters. The highest BCUT2D eigenvalue weighted by Gasteiger charge is 2.05. The SMILES string of the molecule is CN(CCO)c1cnnc2ccccc12. The fourth-order valence-electron chi connectivity index (χ4n) is 1.57. The normalized spacial score (nSPS) is 10.5. The van der Waals surface area contributed by atoms with Crippen LogP contribution in [0.25, 0.3) is 10.9 Å². The molecule has 0 amide bonds. The van der Waals surface area contributed by atoms with Gasteiger partial charge in [-0.3, -0.25) is 0 Å². The van der Waals surface area contributed by atoms with Crippen molar-refractivity contribution in [1.29, 1.82) is 0 Å². The molecule has 0 saturated heterocycles. The van der Waals surface area contributed by atoms with Gasteiger partial charge in [-0.15, -0.1) is 0 Å². The Kier molecular flexibility index (Phi) is 2.78. The number of aromatic nitrogens is 2. The Bertz CT molecular complexity index is 453. The summed E-state index contributed by atoms with van der Waals surface area (Å²) in [5.41, 5.74) is 1.87. The Morgan fingerprint density at radius 2 is 2.13 bits per heavy atom. The van der Waals surface area contributed by atoms with Gasteiger partial charge in [0.1, 0.15) is 0 Å². The van der Waals surface area contributed by atoms with Crippen LogP contribution >= 0.6 is 0 Å². The van der Waals surface area contributed by atoms with Crippen LogP contribution in [0.15, 0.2) is 30.5 Å². The van der Waals surface area contributed by atoms with E-state index in [1.165, 1.54) is 0 Å². The van der Waals surface area contributed by atoms with Crippen LogP contribution in [0.4, 0.5) is 5.69 Å². The number of fused-ring (bicyclic) bond motifs is 1. The van der Waals surface area contributed by atoms with E-state index >= 15 is 0 Å². The molecule has 0 aliphatic heterocycles. The average Bonchev–Trinajstić information content (AvgIpc) is 2.28. The lowest BCUT2D eigenvalue weighted by Gasteiger charge is -2.18. The molecule has 1 heterocycles. The highest BCUT2D eigenvalue weighted by atomic mass is 16.3. The van der Waals surface area contributed by atoms with Crippen molar-refractivity contribution in [1.82, 2.24) is 10.2 Å². The Balaban J connectivity index is 2.50. The third-order valence-electron chi connectivity index (χ3n) is 2.37. The number of aliphatic hydroxyl groups is 1. The summed E-state index contributed by atoms with van der Waals surface area (Å²) in [4.78, 5) is 1.97. The van der Waals surface area contributed by atoms with E-state index in [0.29, 0.717) is 6.54 Å². The molecule has 15 heavy (non-hydrogen) atoms. The number of nitrogens with zero attached hydrogens (tertiary/aromatic N) is 3. The summed E-state index contributed by atoms with van der Waals surface area (Å²) in [7, 11) is 1.93. The van der Waals surface area contributed by atoms with Crippen molar-refractivity contribution in [3.8, 4) is 0 Å². The van der Waals surface area contributed by atoms with Gasteiger partial charge in [0.2, 0.25) is 0 Å². The fourth-order valence-corrected chi connectivity index (χ4v) is 1.57. The smallest absolute Gasteiger partial charge is 0.0950 e. The second-order valence-corrected chi connectivity index (χ2v) is 3.39. The number of rotatable bonds is 3. The van der Waals surface area contributed by atoms with Crippen molar-refractivity contribution in [3.05, 3.63) is 30.5 Å². The van der Waals surface area contributed by atoms with Crippen molar-refractivity contribution in [2.75, 3.05) is 25.1 Å².